The molecule has 0 aliphatic carbocycles. The fourth-order valence-corrected chi connectivity index (χ4v) is 3.25. The molecule has 2 rings (SSSR count). The lowest BCUT2D eigenvalue weighted by atomic mass is 10.1. The van der Waals surface area contributed by atoms with Crippen LogP contribution in [0.15, 0.2) is 40.0 Å². The number of anilines is 2. The maximum Gasteiger partial charge on any atom is 0.192 e. The molecule has 2 atom stereocenters. The molecular weight excluding hydrogens is 338 g/mol. The van der Waals surface area contributed by atoms with Gasteiger partial charge < -0.3 is 17.2 Å². The molecule has 106 valence electrons. The van der Waals surface area contributed by atoms with Gasteiger partial charge in [-0.3, -0.25) is 0 Å². The molecule has 0 amide bonds. The standard InChI is InChI=1S/C13H16BrN5S/c1-7(15)12(8-3-2-4-9(14)5-8)20-13-18-10(16)6-11(17)19-13/h2-7,12H,15H2,1H3,(H4,16,17,18,19). The summed E-state index contributed by atoms with van der Waals surface area (Å²) >= 11 is 4.93. The predicted molar refractivity (Wildman–Crippen MR) is 87.2 cm³/mol. The van der Waals surface area contributed by atoms with E-state index in [9.17, 15) is 0 Å². The third-order valence-electron chi connectivity index (χ3n) is 2.63. The monoisotopic (exact) mass is 353 g/mol. The van der Waals surface area contributed by atoms with E-state index >= 15 is 0 Å². The number of thioether (sulfide) groups is 1. The lowest BCUT2D eigenvalue weighted by Crippen LogP contribution is -2.23. The average Bonchev–Trinajstić information content (AvgIpc) is 2.34. The molecule has 0 bridgehead atoms. The molecule has 0 fully saturated rings. The fourth-order valence-electron chi connectivity index (χ4n) is 1.79. The molecule has 20 heavy (non-hydrogen) atoms. The Morgan fingerprint density at radius 3 is 2.35 bits per heavy atom. The number of rotatable bonds is 4. The Kier molecular flexibility index (Phi) is 4.85. The molecule has 0 aliphatic rings. The summed E-state index contributed by atoms with van der Waals surface area (Å²) in [6, 6.07) is 9.48. The van der Waals surface area contributed by atoms with Crippen LogP contribution in [0.1, 0.15) is 17.7 Å². The summed E-state index contributed by atoms with van der Waals surface area (Å²) in [7, 11) is 0. The second-order valence-corrected chi connectivity index (χ2v) is 6.48. The van der Waals surface area contributed by atoms with E-state index in [1.165, 1.54) is 17.8 Å². The van der Waals surface area contributed by atoms with E-state index in [0.29, 0.717) is 16.8 Å². The van der Waals surface area contributed by atoms with Gasteiger partial charge in [0.2, 0.25) is 0 Å². The van der Waals surface area contributed by atoms with E-state index < -0.39 is 0 Å². The van der Waals surface area contributed by atoms with Gasteiger partial charge in [-0.05, 0) is 24.6 Å². The van der Waals surface area contributed by atoms with Crippen molar-refractivity contribution >= 4 is 39.3 Å². The van der Waals surface area contributed by atoms with Crippen LogP contribution < -0.4 is 17.2 Å². The second kappa shape index (κ2) is 6.43. The van der Waals surface area contributed by atoms with E-state index in [-0.39, 0.29) is 11.3 Å². The summed E-state index contributed by atoms with van der Waals surface area (Å²) < 4.78 is 1.01. The summed E-state index contributed by atoms with van der Waals surface area (Å²) in [5, 5.41) is 0.554. The quantitative estimate of drug-likeness (QED) is 0.576. The first-order valence-corrected chi connectivity index (χ1v) is 7.70. The minimum Gasteiger partial charge on any atom is -0.383 e. The van der Waals surface area contributed by atoms with Gasteiger partial charge in [-0.15, -0.1) is 0 Å². The number of aromatic nitrogens is 2. The second-order valence-electron chi connectivity index (χ2n) is 4.45. The van der Waals surface area contributed by atoms with Gasteiger partial charge in [0, 0.05) is 16.6 Å². The Morgan fingerprint density at radius 2 is 1.80 bits per heavy atom. The Labute approximate surface area is 130 Å². The van der Waals surface area contributed by atoms with Crippen LogP contribution in [-0.4, -0.2) is 16.0 Å². The van der Waals surface area contributed by atoms with Crippen molar-refractivity contribution in [3.63, 3.8) is 0 Å². The highest BCUT2D eigenvalue weighted by molar-refractivity contribution is 9.10. The van der Waals surface area contributed by atoms with Crippen LogP contribution in [0.3, 0.4) is 0 Å². The Balaban J connectivity index is 2.30. The first kappa shape index (κ1) is 15.1. The molecular formula is C13H16BrN5S. The molecule has 0 spiro atoms. The van der Waals surface area contributed by atoms with Crippen molar-refractivity contribution in [1.29, 1.82) is 0 Å². The maximum atomic E-state index is 6.09. The summed E-state index contributed by atoms with van der Waals surface area (Å²) in [4.78, 5) is 8.37. The third kappa shape index (κ3) is 3.84. The first-order chi connectivity index (χ1) is 9.45. The molecule has 1 aromatic carbocycles. The number of halogens is 1. The van der Waals surface area contributed by atoms with Gasteiger partial charge in [0.1, 0.15) is 11.6 Å². The highest BCUT2D eigenvalue weighted by Gasteiger charge is 2.20. The normalized spacial score (nSPS) is 13.9. The topological polar surface area (TPSA) is 104 Å². The lowest BCUT2D eigenvalue weighted by molar-refractivity contribution is 0.718. The molecule has 1 heterocycles. The SMILES string of the molecule is CC(N)C(Sc1nc(N)cc(N)n1)c1cccc(Br)c1. The molecule has 2 aromatic rings. The van der Waals surface area contributed by atoms with Gasteiger partial charge in [-0.1, -0.05) is 39.8 Å². The van der Waals surface area contributed by atoms with Gasteiger partial charge in [0.05, 0.1) is 5.25 Å². The van der Waals surface area contributed by atoms with Crippen LogP contribution >= 0.6 is 27.7 Å². The Bertz CT molecular complexity index is 585. The molecule has 2 unspecified atom stereocenters. The Hall–Kier alpha value is -1.31. The van der Waals surface area contributed by atoms with E-state index in [2.05, 4.69) is 25.9 Å². The average molecular weight is 354 g/mol. The van der Waals surface area contributed by atoms with Gasteiger partial charge in [-0.2, -0.15) is 0 Å². The fraction of sp³-hybridized carbons (Fsp3) is 0.231. The summed E-state index contributed by atoms with van der Waals surface area (Å²) in [6.07, 6.45) is 0. The zero-order chi connectivity index (χ0) is 14.7. The number of nitrogens with zero attached hydrogens (tertiary/aromatic N) is 2. The third-order valence-corrected chi connectivity index (χ3v) is 4.47. The Morgan fingerprint density at radius 1 is 1.15 bits per heavy atom. The van der Waals surface area contributed by atoms with Crippen molar-refractivity contribution in [3.05, 3.63) is 40.4 Å². The van der Waals surface area contributed by atoms with E-state index in [0.717, 1.165) is 10.0 Å². The number of nitrogen functional groups attached to an aromatic ring is 2. The van der Waals surface area contributed by atoms with Gasteiger partial charge >= 0.3 is 0 Å². The number of nitrogens with two attached hydrogens (primary N) is 3. The molecule has 7 heteroatoms. The molecule has 0 radical (unpaired) electrons. The molecule has 1 aromatic heterocycles. The van der Waals surface area contributed by atoms with E-state index in [1.807, 2.05) is 31.2 Å². The van der Waals surface area contributed by atoms with Gasteiger partial charge in [0.25, 0.3) is 0 Å². The van der Waals surface area contributed by atoms with Gasteiger partial charge in [-0.25, -0.2) is 9.97 Å². The number of benzene rings is 1. The van der Waals surface area contributed by atoms with E-state index in [4.69, 9.17) is 17.2 Å². The van der Waals surface area contributed by atoms with Crippen molar-refractivity contribution in [1.82, 2.24) is 9.97 Å². The van der Waals surface area contributed by atoms with Crippen molar-refractivity contribution in [2.24, 2.45) is 5.73 Å². The lowest BCUT2D eigenvalue weighted by Gasteiger charge is -2.20. The number of hydrogen-bond acceptors (Lipinski definition) is 6. The van der Waals surface area contributed by atoms with Crippen LogP contribution in [0.25, 0.3) is 0 Å². The molecule has 0 saturated carbocycles. The highest BCUT2D eigenvalue weighted by Crippen LogP contribution is 2.36. The summed E-state index contributed by atoms with van der Waals surface area (Å²) in [5.41, 5.74) is 18.6. The highest BCUT2D eigenvalue weighted by atomic mass is 79.9. The summed E-state index contributed by atoms with van der Waals surface area (Å²) in [5.74, 6) is 0.718. The van der Waals surface area contributed by atoms with E-state index in [1.54, 1.807) is 0 Å². The predicted octanol–water partition coefficient (Wildman–Crippen LogP) is 2.58. The zero-order valence-electron chi connectivity index (χ0n) is 11.0. The van der Waals surface area contributed by atoms with Gasteiger partial charge in [0.15, 0.2) is 5.16 Å². The first-order valence-electron chi connectivity index (χ1n) is 6.03. The zero-order valence-corrected chi connectivity index (χ0v) is 13.4. The van der Waals surface area contributed by atoms with Crippen molar-refractivity contribution in [2.75, 3.05) is 11.5 Å². The molecule has 0 saturated heterocycles. The largest absolute Gasteiger partial charge is 0.383 e. The minimum absolute atomic E-state index is 0.0219. The van der Waals surface area contributed by atoms with Crippen LogP contribution in [0.2, 0.25) is 0 Å². The van der Waals surface area contributed by atoms with Crippen LogP contribution in [0.4, 0.5) is 11.6 Å². The smallest absolute Gasteiger partial charge is 0.192 e. The van der Waals surface area contributed by atoms with Crippen molar-refractivity contribution in [3.8, 4) is 0 Å². The van der Waals surface area contributed by atoms with Crippen molar-refractivity contribution < 1.29 is 0 Å². The molecule has 0 aliphatic heterocycles. The number of hydrogen-bond donors (Lipinski definition) is 3. The molecule has 5 nitrogen and oxygen atoms in total. The summed E-state index contributed by atoms with van der Waals surface area (Å²) in [6.45, 7) is 1.95. The molecule has 6 N–H and O–H groups in total. The van der Waals surface area contributed by atoms with Crippen LogP contribution in [0, 0.1) is 0 Å². The van der Waals surface area contributed by atoms with Crippen molar-refractivity contribution in [2.45, 2.75) is 23.4 Å². The minimum atomic E-state index is -0.0689. The van der Waals surface area contributed by atoms with Crippen LogP contribution in [0.5, 0.6) is 0 Å². The van der Waals surface area contributed by atoms with Crippen LogP contribution in [-0.2, 0) is 0 Å². The maximum absolute atomic E-state index is 6.09.